The van der Waals surface area contributed by atoms with Crippen LogP contribution in [0.5, 0.6) is 11.5 Å². The molecule has 3 heterocycles. The van der Waals surface area contributed by atoms with Gasteiger partial charge in [0.05, 0.1) is 38.8 Å². The molecule has 2 fully saturated rings. The van der Waals surface area contributed by atoms with Crippen molar-refractivity contribution in [1.29, 1.82) is 0 Å². The van der Waals surface area contributed by atoms with E-state index >= 15 is 0 Å². The van der Waals surface area contributed by atoms with Crippen LogP contribution in [0.4, 0.5) is 4.79 Å². The maximum Gasteiger partial charge on any atom is 0.410 e. The number of carbonyl (C=O) groups excluding carboxylic acids is 1. The summed E-state index contributed by atoms with van der Waals surface area (Å²) in [6.45, 7) is 1.52. The first kappa shape index (κ1) is 28.2. The Labute approximate surface area is 247 Å². The fraction of sp³-hybridized carbons (Fsp3) is 0.419. The van der Waals surface area contributed by atoms with E-state index < -0.39 is 0 Å². The number of methoxy groups -OCH3 is 3. The lowest BCUT2D eigenvalue weighted by Gasteiger charge is -2.22. The van der Waals surface area contributed by atoms with Gasteiger partial charge in [-0.15, -0.1) is 0 Å². The topological polar surface area (TPSA) is 105 Å². The molecular formula is C31H34N4O6S. The van der Waals surface area contributed by atoms with E-state index in [0.29, 0.717) is 45.8 Å². The van der Waals surface area contributed by atoms with Crippen LogP contribution in [0.25, 0.3) is 10.3 Å². The number of fused-ring (bicyclic) bond motifs is 1. The molecule has 1 amide bonds. The number of thiazole rings is 1. The van der Waals surface area contributed by atoms with Crippen molar-refractivity contribution in [2.24, 2.45) is 0 Å². The number of hydrogen-bond donors (Lipinski definition) is 0. The van der Waals surface area contributed by atoms with Crippen LogP contribution in [0.15, 0.2) is 53.3 Å². The summed E-state index contributed by atoms with van der Waals surface area (Å²) in [7, 11) is 4.87. The zero-order valence-corrected chi connectivity index (χ0v) is 24.8. The highest BCUT2D eigenvalue weighted by molar-refractivity contribution is 7.18. The Bertz CT molecular complexity index is 1650. The lowest BCUT2D eigenvalue weighted by Crippen LogP contribution is -2.32. The molecular weight excluding hydrogens is 556 g/mol. The van der Waals surface area contributed by atoms with E-state index in [4.69, 9.17) is 28.9 Å². The van der Waals surface area contributed by atoms with E-state index in [1.54, 1.807) is 36.9 Å². The molecule has 0 bridgehead atoms. The van der Waals surface area contributed by atoms with Crippen molar-refractivity contribution < 1.29 is 23.7 Å². The van der Waals surface area contributed by atoms with Crippen LogP contribution >= 0.6 is 11.3 Å². The largest absolute Gasteiger partial charge is 0.497 e. The molecule has 6 rings (SSSR count). The number of nitrogens with zero attached hydrogens (tertiary/aromatic N) is 4. The highest BCUT2D eigenvalue weighted by Crippen LogP contribution is 2.48. The number of ether oxygens (including phenoxy) is 4. The average Bonchev–Trinajstić information content (AvgIpc) is 3.41. The Morgan fingerprint density at radius 2 is 1.88 bits per heavy atom. The van der Waals surface area contributed by atoms with Crippen molar-refractivity contribution in [3.8, 4) is 11.5 Å². The van der Waals surface area contributed by atoms with Gasteiger partial charge >= 0.3 is 6.09 Å². The van der Waals surface area contributed by atoms with Crippen LogP contribution in [-0.4, -0.2) is 60.0 Å². The summed E-state index contributed by atoms with van der Waals surface area (Å²) in [5.74, 6) is 1.99. The summed E-state index contributed by atoms with van der Waals surface area (Å²) in [4.78, 5) is 39.3. The minimum absolute atomic E-state index is 0.203. The van der Waals surface area contributed by atoms with E-state index in [2.05, 4.69) is 0 Å². The summed E-state index contributed by atoms with van der Waals surface area (Å²) < 4.78 is 23.9. The van der Waals surface area contributed by atoms with E-state index in [1.165, 1.54) is 11.3 Å². The monoisotopic (exact) mass is 590 g/mol. The van der Waals surface area contributed by atoms with Crippen molar-refractivity contribution in [3.05, 3.63) is 80.8 Å². The zero-order valence-electron chi connectivity index (χ0n) is 24.0. The third kappa shape index (κ3) is 5.34. The maximum atomic E-state index is 14.1. The number of likely N-dealkylation sites (tertiary alicyclic amines) is 1. The number of aromatic nitrogens is 3. The molecule has 11 heteroatoms. The van der Waals surface area contributed by atoms with Gasteiger partial charge < -0.3 is 18.9 Å². The Hall–Kier alpha value is -3.96. The first-order chi connectivity index (χ1) is 20.5. The molecule has 1 saturated heterocycles. The van der Waals surface area contributed by atoms with Gasteiger partial charge in [0.25, 0.3) is 5.56 Å². The molecule has 220 valence electrons. The molecule has 2 aromatic heterocycles. The molecule has 0 spiro atoms. The molecule has 2 aliphatic rings. The van der Waals surface area contributed by atoms with Gasteiger partial charge in [-0.05, 0) is 43.4 Å². The molecule has 1 saturated carbocycles. The van der Waals surface area contributed by atoms with Gasteiger partial charge in [0, 0.05) is 25.3 Å². The Morgan fingerprint density at radius 3 is 2.60 bits per heavy atom. The minimum atomic E-state index is -0.379. The van der Waals surface area contributed by atoms with Crippen LogP contribution in [0.2, 0.25) is 0 Å². The molecule has 0 N–H and O–H groups in total. The Balaban J connectivity index is 1.35. The van der Waals surface area contributed by atoms with E-state index in [1.807, 2.05) is 42.5 Å². The molecule has 10 nitrogen and oxygen atoms in total. The number of amides is 1. The lowest BCUT2D eigenvalue weighted by atomic mass is 10.1. The molecule has 1 aliphatic carbocycles. The Morgan fingerprint density at radius 1 is 1.07 bits per heavy atom. The molecule has 4 aromatic rings. The van der Waals surface area contributed by atoms with Gasteiger partial charge in [0.2, 0.25) is 0 Å². The van der Waals surface area contributed by atoms with Crippen LogP contribution in [0, 0.1) is 0 Å². The van der Waals surface area contributed by atoms with Crippen LogP contribution in [-0.2, 0) is 28.0 Å². The molecule has 2 aromatic carbocycles. The molecule has 0 unspecified atom stereocenters. The number of benzene rings is 2. The predicted octanol–water partition coefficient (Wildman–Crippen LogP) is 5.07. The van der Waals surface area contributed by atoms with Crippen molar-refractivity contribution in [3.63, 3.8) is 0 Å². The third-order valence-corrected chi connectivity index (χ3v) is 9.14. The summed E-state index contributed by atoms with van der Waals surface area (Å²) >= 11 is 1.38. The first-order valence-corrected chi connectivity index (χ1v) is 14.9. The van der Waals surface area contributed by atoms with Crippen molar-refractivity contribution in [2.45, 2.75) is 50.3 Å². The third-order valence-electron chi connectivity index (χ3n) is 8.09. The summed E-state index contributed by atoms with van der Waals surface area (Å²) in [6, 6.07) is 14.9. The maximum absolute atomic E-state index is 14.1. The smallest absolute Gasteiger partial charge is 0.410 e. The van der Waals surface area contributed by atoms with Crippen LogP contribution in [0.3, 0.4) is 0 Å². The highest BCUT2D eigenvalue weighted by Gasteiger charge is 2.48. The second-order valence-corrected chi connectivity index (χ2v) is 11.8. The van der Waals surface area contributed by atoms with Crippen LogP contribution < -0.4 is 15.0 Å². The number of rotatable bonds is 10. The predicted molar refractivity (Wildman–Crippen MR) is 158 cm³/mol. The van der Waals surface area contributed by atoms with Gasteiger partial charge in [-0.3, -0.25) is 14.3 Å². The second-order valence-electron chi connectivity index (χ2n) is 10.8. The quantitative estimate of drug-likeness (QED) is 0.252. The molecule has 1 atom stereocenters. The van der Waals surface area contributed by atoms with Gasteiger partial charge in [0.1, 0.15) is 28.9 Å². The lowest BCUT2D eigenvalue weighted by molar-refractivity contribution is 0.0920. The number of hydrogen-bond acceptors (Lipinski definition) is 9. The summed E-state index contributed by atoms with van der Waals surface area (Å²) in [5.41, 5.74) is 1.52. The van der Waals surface area contributed by atoms with E-state index in [0.717, 1.165) is 36.8 Å². The second kappa shape index (κ2) is 11.7. The van der Waals surface area contributed by atoms with Gasteiger partial charge in [-0.25, -0.2) is 14.8 Å². The fourth-order valence-electron chi connectivity index (χ4n) is 5.67. The van der Waals surface area contributed by atoms with Crippen LogP contribution in [0.1, 0.15) is 53.7 Å². The molecule has 0 radical (unpaired) electrons. The van der Waals surface area contributed by atoms with Gasteiger partial charge in [-0.1, -0.05) is 41.7 Å². The highest BCUT2D eigenvalue weighted by atomic mass is 32.1. The van der Waals surface area contributed by atoms with Crippen molar-refractivity contribution >= 4 is 27.8 Å². The molecule has 42 heavy (non-hydrogen) atoms. The first-order valence-electron chi connectivity index (χ1n) is 14.1. The van der Waals surface area contributed by atoms with E-state index in [9.17, 15) is 9.59 Å². The average molecular weight is 591 g/mol. The fourth-order valence-corrected chi connectivity index (χ4v) is 6.75. The van der Waals surface area contributed by atoms with Crippen molar-refractivity contribution in [2.75, 3.05) is 34.5 Å². The van der Waals surface area contributed by atoms with Crippen molar-refractivity contribution in [1.82, 2.24) is 19.4 Å². The zero-order chi connectivity index (χ0) is 29.3. The summed E-state index contributed by atoms with van der Waals surface area (Å²) in [6.07, 6.45) is 2.97. The standard InChI is InChI=1S/C31H34N4O6S/c1-38-19-31(13-14-31)29-33-27-25(28(36)35(29)17-21-11-12-22(39-2)16-24(21)40-3)32-26(42-27)23-10-7-15-34(23)30(37)41-18-20-8-5-4-6-9-20/h4-6,8-9,11-12,16,23H,7,10,13-15,17-19H2,1-3H3/t23-/m1/s1. The van der Waals surface area contributed by atoms with Gasteiger partial charge in [-0.2, -0.15) is 0 Å². The Kier molecular flexibility index (Phi) is 7.87. The number of carbonyl (C=O) groups is 1. The minimum Gasteiger partial charge on any atom is -0.497 e. The summed E-state index contributed by atoms with van der Waals surface area (Å²) in [5, 5.41) is 0.700. The normalized spacial score (nSPS) is 17.4. The van der Waals surface area contributed by atoms with Gasteiger partial charge in [0.15, 0.2) is 10.3 Å². The van der Waals surface area contributed by atoms with E-state index in [-0.39, 0.29) is 36.3 Å². The SMILES string of the molecule is COCC1(c2nc3sc([C@H]4CCCN4C(=O)OCc4ccccc4)nc3c(=O)n2Cc2ccc(OC)cc2OC)CC1. The molecule has 1 aliphatic heterocycles.